The van der Waals surface area contributed by atoms with E-state index < -0.39 is 14.8 Å². The van der Waals surface area contributed by atoms with Gasteiger partial charge < -0.3 is 4.74 Å². The molecule has 0 aliphatic carbocycles. The molecule has 0 N–H and O–H groups in total. The maximum absolute atomic E-state index is 12.2. The van der Waals surface area contributed by atoms with Crippen molar-refractivity contribution in [3.63, 3.8) is 0 Å². The number of sulfone groups is 1. The van der Waals surface area contributed by atoms with Crippen LogP contribution in [0.1, 0.15) is 5.56 Å². The lowest BCUT2D eigenvalue weighted by molar-refractivity contribution is -0.385. The molecule has 0 saturated carbocycles. The van der Waals surface area contributed by atoms with Crippen molar-refractivity contribution >= 4 is 15.5 Å². The number of ether oxygens (including phenoxy) is 1. The predicted octanol–water partition coefficient (Wildman–Crippen LogP) is 2.58. The van der Waals surface area contributed by atoms with Crippen LogP contribution in [0.15, 0.2) is 53.4 Å². The highest BCUT2D eigenvalue weighted by atomic mass is 32.2. The second-order valence-corrected chi connectivity index (χ2v) is 6.33. The SMILES string of the molecule is COc1cc(CS(=O)(=O)c2ccccc2)ccc1[N+](=O)[O-]. The molecule has 2 rings (SSSR count). The van der Waals surface area contributed by atoms with E-state index in [2.05, 4.69) is 0 Å². The molecule has 21 heavy (non-hydrogen) atoms. The largest absolute Gasteiger partial charge is 0.490 e. The summed E-state index contributed by atoms with van der Waals surface area (Å²) in [5.41, 5.74) is 0.236. The van der Waals surface area contributed by atoms with Gasteiger partial charge in [-0.05, 0) is 23.8 Å². The molecule has 2 aromatic carbocycles. The van der Waals surface area contributed by atoms with Gasteiger partial charge in [0.15, 0.2) is 15.6 Å². The molecule has 0 fully saturated rings. The van der Waals surface area contributed by atoms with E-state index in [9.17, 15) is 18.5 Å². The van der Waals surface area contributed by atoms with Crippen LogP contribution in [0.3, 0.4) is 0 Å². The third-order valence-electron chi connectivity index (χ3n) is 2.90. The minimum atomic E-state index is -3.50. The topological polar surface area (TPSA) is 86.5 Å². The summed E-state index contributed by atoms with van der Waals surface area (Å²) >= 11 is 0. The van der Waals surface area contributed by atoms with Crippen LogP contribution in [-0.2, 0) is 15.6 Å². The number of nitro groups is 1. The molecule has 0 atom stereocenters. The number of nitrogens with zero attached hydrogens (tertiary/aromatic N) is 1. The lowest BCUT2D eigenvalue weighted by atomic mass is 10.2. The van der Waals surface area contributed by atoms with Gasteiger partial charge in [-0.3, -0.25) is 10.1 Å². The van der Waals surface area contributed by atoms with Crippen molar-refractivity contribution in [2.75, 3.05) is 7.11 Å². The van der Waals surface area contributed by atoms with E-state index in [-0.39, 0.29) is 22.1 Å². The standard InChI is InChI=1S/C14H13NO5S/c1-20-14-9-11(7-8-13(14)15(16)17)10-21(18,19)12-5-3-2-4-6-12/h2-9H,10H2,1H3. The number of rotatable bonds is 5. The third-order valence-corrected chi connectivity index (χ3v) is 4.60. The summed E-state index contributed by atoms with van der Waals surface area (Å²) in [5, 5.41) is 10.8. The fourth-order valence-corrected chi connectivity index (χ4v) is 3.25. The Morgan fingerprint density at radius 1 is 1.14 bits per heavy atom. The van der Waals surface area contributed by atoms with Crippen LogP contribution in [0.25, 0.3) is 0 Å². The molecule has 7 heteroatoms. The first-order valence-corrected chi connectivity index (χ1v) is 7.68. The summed E-state index contributed by atoms with van der Waals surface area (Å²) in [6.45, 7) is 0. The van der Waals surface area contributed by atoms with E-state index in [4.69, 9.17) is 4.74 Å². The summed E-state index contributed by atoms with van der Waals surface area (Å²) in [6.07, 6.45) is 0. The fourth-order valence-electron chi connectivity index (χ4n) is 1.89. The number of hydrogen-bond acceptors (Lipinski definition) is 5. The Morgan fingerprint density at radius 3 is 2.38 bits per heavy atom. The normalized spacial score (nSPS) is 11.1. The zero-order valence-electron chi connectivity index (χ0n) is 11.2. The van der Waals surface area contributed by atoms with E-state index in [1.807, 2.05) is 0 Å². The average molecular weight is 307 g/mol. The highest BCUT2D eigenvalue weighted by Gasteiger charge is 2.19. The summed E-state index contributed by atoms with van der Waals surface area (Å²) in [4.78, 5) is 10.4. The molecule has 0 aromatic heterocycles. The smallest absolute Gasteiger partial charge is 0.310 e. The predicted molar refractivity (Wildman–Crippen MR) is 77.0 cm³/mol. The molecular formula is C14H13NO5S. The average Bonchev–Trinajstić information content (AvgIpc) is 2.47. The van der Waals surface area contributed by atoms with Gasteiger partial charge in [0.05, 0.1) is 22.7 Å². The van der Waals surface area contributed by atoms with Gasteiger partial charge in [-0.25, -0.2) is 8.42 Å². The Bertz CT molecular complexity index is 756. The van der Waals surface area contributed by atoms with Crippen molar-refractivity contribution in [1.29, 1.82) is 0 Å². The first-order chi connectivity index (χ1) is 9.94. The number of nitro benzene ring substituents is 1. The highest BCUT2D eigenvalue weighted by Crippen LogP contribution is 2.29. The molecule has 2 aromatic rings. The van der Waals surface area contributed by atoms with E-state index in [1.165, 1.54) is 37.4 Å². The highest BCUT2D eigenvalue weighted by molar-refractivity contribution is 7.90. The summed E-state index contributed by atoms with van der Waals surface area (Å²) in [5.74, 6) is -0.202. The van der Waals surface area contributed by atoms with Crippen LogP contribution < -0.4 is 4.74 Å². The maximum Gasteiger partial charge on any atom is 0.310 e. The molecular weight excluding hydrogens is 294 g/mol. The fraction of sp³-hybridized carbons (Fsp3) is 0.143. The maximum atomic E-state index is 12.2. The summed E-state index contributed by atoms with van der Waals surface area (Å²) in [6, 6.07) is 12.1. The lowest BCUT2D eigenvalue weighted by Gasteiger charge is -2.07. The van der Waals surface area contributed by atoms with Crippen molar-refractivity contribution < 1.29 is 18.1 Å². The van der Waals surface area contributed by atoms with Gasteiger partial charge >= 0.3 is 5.69 Å². The van der Waals surface area contributed by atoms with Crippen LogP contribution >= 0.6 is 0 Å². The number of hydrogen-bond donors (Lipinski definition) is 0. The van der Waals surface area contributed by atoms with Crippen LogP contribution in [0, 0.1) is 10.1 Å². The Labute approximate surface area is 122 Å². The first kappa shape index (κ1) is 15.0. The van der Waals surface area contributed by atoms with Crippen LogP contribution in [0.4, 0.5) is 5.69 Å². The summed E-state index contributed by atoms with van der Waals surface area (Å²) in [7, 11) is -2.19. The van der Waals surface area contributed by atoms with E-state index in [0.717, 1.165) is 0 Å². The van der Waals surface area contributed by atoms with Gasteiger partial charge in [0.1, 0.15) is 0 Å². The van der Waals surface area contributed by atoms with Crippen LogP contribution in [0.2, 0.25) is 0 Å². The van der Waals surface area contributed by atoms with Crippen LogP contribution in [-0.4, -0.2) is 20.5 Å². The Morgan fingerprint density at radius 2 is 1.81 bits per heavy atom. The molecule has 0 heterocycles. The molecule has 110 valence electrons. The second-order valence-electron chi connectivity index (χ2n) is 4.34. The molecule has 0 unspecified atom stereocenters. The minimum Gasteiger partial charge on any atom is -0.490 e. The van der Waals surface area contributed by atoms with Gasteiger partial charge in [-0.1, -0.05) is 24.3 Å². The second kappa shape index (κ2) is 5.92. The Hall–Kier alpha value is -2.41. The summed E-state index contributed by atoms with van der Waals surface area (Å²) < 4.78 is 29.4. The molecule has 0 radical (unpaired) electrons. The molecule has 0 aliphatic rings. The van der Waals surface area contributed by atoms with Crippen LogP contribution in [0.5, 0.6) is 5.75 Å². The van der Waals surface area contributed by atoms with Crippen molar-refractivity contribution in [3.05, 3.63) is 64.2 Å². The van der Waals surface area contributed by atoms with E-state index in [0.29, 0.717) is 5.56 Å². The monoisotopic (exact) mass is 307 g/mol. The molecule has 0 amide bonds. The van der Waals surface area contributed by atoms with Gasteiger partial charge in [-0.2, -0.15) is 0 Å². The van der Waals surface area contributed by atoms with Gasteiger partial charge in [0.2, 0.25) is 0 Å². The molecule has 0 spiro atoms. The molecule has 0 bridgehead atoms. The van der Waals surface area contributed by atoms with Gasteiger partial charge in [0.25, 0.3) is 0 Å². The van der Waals surface area contributed by atoms with E-state index in [1.54, 1.807) is 18.2 Å². The zero-order chi connectivity index (χ0) is 15.5. The van der Waals surface area contributed by atoms with Gasteiger partial charge in [0, 0.05) is 6.07 Å². The minimum absolute atomic E-state index is 0.0424. The lowest BCUT2D eigenvalue weighted by Crippen LogP contribution is -2.05. The molecule has 0 aliphatic heterocycles. The van der Waals surface area contributed by atoms with E-state index >= 15 is 0 Å². The number of methoxy groups -OCH3 is 1. The quantitative estimate of drug-likeness (QED) is 0.626. The molecule has 0 saturated heterocycles. The van der Waals surface area contributed by atoms with Gasteiger partial charge in [-0.15, -0.1) is 0 Å². The Kier molecular flexibility index (Phi) is 4.23. The Balaban J connectivity index is 2.34. The first-order valence-electron chi connectivity index (χ1n) is 6.03. The molecule has 6 nitrogen and oxygen atoms in total. The van der Waals surface area contributed by atoms with Crippen molar-refractivity contribution in [2.45, 2.75) is 10.6 Å². The zero-order valence-corrected chi connectivity index (χ0v) is 12.0. The van der Waals surface area contributed by atoms with Crippen molar-refractivity contribution in [3.8, 4) is 5.75 Å². The third kappa shape index (κ3) is 3.38. The van der Waals surface area contributed by atoms with Crippen molar-refractivity contribution in [2.24, 2.45) is 0 Å². The van der Waals surface area contributed by atoms with Crippen molar-refractivity contribution in [1.82, 2.24) is 0 Å². The number of benzene rings is 2.